The number of hydrogen-bond donors (Lipinski definition) is 4. The molecule has 0 spiro atoms. The van der Waals surface area contributed by atoms with Gasteiger partial charge in [0.15, 0.2) is 0 Å². The maximum Gasteiger partial charge on any atom is 0.312 e. The van der Waals surface area contributed by atoms with E-state index in [-0.39, 0.29) is 17.8 Å². The fourth-order valence-electron chi connectivity index (χ4n) is 1.74. The number of carbonyl (C=O) groups is 1. The van der Waals surface area contributed by atoms with Crippen molar-refractivity contribution in [3.05, 3.63) is 0 Å². The van der Waals surface area contributed by atoms with Gasteiger partial charge in [-0.15, -0.1) is 0 Å². The Bertz CT molecular complexity index is 229. The van der Waals surface area contributed by atoms with Crippen LogP contribution < -0.4 is 16.8 Å². The predicted molar refractivity (Wildman–Crippen MR) is 47.3 cm³/mol. The van der Waals surface area contributed by atoms with Crippen LogP contribution in [0.25, 0.3) is 0 Å². The van der Waals surface area contributed by atoms with Gasteiger partial charge in [-0.25, -0.2) is 4.79 Å². The molecule has 13 heavy (non-hydrogen) atoms. The summed E-state index contributed by atoms with van der Waals surface area (Å²) in [5, 5.41) is 14.0. The van der Waals surface area contributed by atoms with Gasteiger partial charge in [0.25, 0.3) is 0 Å². The fraction of sp³-hybridized carbons (Fsp3) is 0.714. The maximum absolute atomic E-state index is 10.6. The second-order valence-corrected chi connectivity index (χ2v) is 3.18. The van der Waals surface area contributed by atoms with Gasteiger partial charge >= 0.3 is 6.03 Å². The first-order valence-corrected chi connectivity index (χ1v) is 4.18. The summed E-state index contributed by atoms with van der Waals surface area (Å²) in [6.07, 6.45) is 2.59. The third kappa shape index (κ3) is 2.24. The standard InChI is InChI=1S/C7H14N4O2/c8-6(11-13)4-2-1-3-5(4)10-7(9)12/h4-5,13H,1-3H2,(H2,8,11)(H3,9,10,12). The molecule has 0 aromatic heterocycles. The van der Waals surface area contributed by atoms with Crippen LogP contribution in [0.15, 0.2) is 5.16 Å². The highest BCUT2D eigenvalue weighted by molar-refractivity contribution is 5.84. The van der Waals surface area contributed by atoms with E-state index in [1.807, 2.05) is 0 Å². The van der Waals surface area contributed by atoms with Crippen LogP contribution in [0.5, 0.6) is 0 Å². The smallest absolute Gasteiger partial charge is 0.312 e. The van der Waals surface area contributed by atoms with E-state index < -0.39 is 6.03 Å². The molecule has 2 amide bonds. The highest BCUT2D eigenvalue weighted by Crippen LogP contribution is 2.25. The zero-order chi connectivity index (χ0) is 9.84. The molecule has 6 nitrogen and oxygen atoms in total. The highest BCUT2D eigenvalue weighted by atomic mass is 16.4. The van der Waals surface area contributed by atoms with Crippen LogP contribution in [0, 0.1) is 5.92 Å². The van der Waals surface area contributed by atoms with E-state index in [0.717, 1.165) is 19.3 Å². The first-order valence-electron chi connectivity index (χ1n) is 4.18. The summed E-state index contributed by atoms with van der Waals surface area (Å²) in [7, 11) is 0. The number of rotatable bonds is 2. The van der Waals surface area contributed by atoms with E-state index >= 15 is 0 Å². The van der Waals surface area contributed by atoms with Gasteiger partial charge in [0.1, 0.15) is 5.84 Å². The van der Waals surface area contributed by atoms with Gasteiger partial charge < -0.3 is 22.0 Å². The number of urea groups is 1. The molecular formula is C7H14N4O2. The lowest BCUT2D eigenvalue weighted by Gasteiger charge is -2.18. The van der Waals surface area contributed by atoms with E-state index in [4.69, 9.17) is 16.7 Å². The van der Waals surface area contributed by atoms with Crippen LogP contribution in [0.1, 0.15) is 19.3 Å². The minimum Gasteiger partial charge on any atom is -0.409 e. The second-order valence-electron chi connectivity index (χ2n) is 3.18. The van der Waals surface area contributed by atoms with Crippen molar-refractivity contribution in [2.24, 2.45) is 22.5 Å². The number of carbonyl (C=O) groups excluding carboxylic acids is 1. The number of amides is 2. The van der Waals surface area contributed by atoms with E-state index in [9.17, 15) is 4.79 Å². The number of nitrogens with one attached hydrogen (secondary N) is 1. The Hall–Kier alpha value is -1.46. The third-order valence-corrected chi connectivity index (χ3v) is 2.34. The molecule has 0 aromatic rings. The summed E-state index contributed by atoms with van der Waals surface area (Å²) in [5.74, 6) is 0.0775. The first kappa shape index (κ1) is 9.63. The molecule has 6 heteroatoms. The van der Waals surface area contributed by atoms with Crippen LogP contribution in [-0.4, -0.2) is 23.1 Å². The summed E-state index contributed by atoms with van der Waals surface area (Å²) >= 11 is 0. The average molecular weight is 186 g/mol. The Morgan fingerprint density at radius 2 is 2.15 bits per heavy atom. The second kappa shape index (κ2) is 3.97. The monoisotopic (exact) mass is 186 g/mol. The highest BCUT2D eigenvalue weighted by Gasteiger charge is 2.31. The van der Waals surface area contributed by atoms with Crippen LogP contribution >= 0.6 is 0 Å². The number of nitrogens with zero attached hydrogens (tertiary/aromatic N) is 1. The third-order valence-electron chi connectivity index (χ3n) is 2.34. The quantitative estimate of drug-likeness (QED) is 0.203. The van der Waals surface area contributed by atoms with E-state index in [0.29, 0.717) is 0 Å². The lowest BCUT2D eigenvalue weighted by atomic mass is 10.0. The van der Waals surface area contributed by atoms with Crippen molar-refractivity contribution in [1.29, 1.82) is 0 Å². The van der Waals surface area contributed by atoms with Crippen molar-refractivity contribution < 1.29 is 10.0 Å². The molecule has 1 rings (SSSR count). The lowest BCUT2D eigenvalue weighted by Crippen LogP contribution is -2.44. The first-order chi connectivity index (χ1) is 6.15. The van der Waals surface area contributed by atoms with Gasteiger partial charge in [0.2, 0.25) is 0 Å². The van der Waals surface area contributed by atoms with E-state index in [1.54, 1.807) is 0 Å². The predicted octanol–water partition coefficient (Wildman–Crippen LogP) is -0.430. The van der Waals surface area contributed by atoms with Crippen molar-refractivity contribution in [3.63, 3.8) is 0 Å². The van der Waals surface area contributed by atoms with Gasteiger partial charge in [-0.1, -0.05) is 11.6 Å². The van der Waals surface area contributed by atoms with Gasteiger partial charge in [0.05, 0.1) is 0 Å². The Morgan fingerprint density at radius 1 is 1.46 bits per heavy atom. The molecule has 1 aliphatic carbocycles. The summed E-state index contributed by atoms with van der Waals surface area (Å²) < 4.78 is 0. The number of nitrogens with two attached hydrogens (primary N) is 2. The Morgan fingerprint density at radius 3 is 2.69 bits per heavy atom. The topological polar surface area (TPSA) is 114 Å². The number of oxime groups is 1. The molecule has 2 unspecified atom stereocenters. The molecule has 1 saturated carbocycles. The minimum atomic E-state index is -0.567. The zero-order valence-corrected chi connectivity index (χ0v) is 7.23. The zero-order valence-electron chi connectivity index (χ0n) is 7.23. The fourth-order valence-corrected chi connectivity index (χ4v) is 1.74. The van der Waals surface area contributed by atoms with Crippen molar-refractivity contribution >= 4 is 11.9 Å². The van der Waals surface area contributed by atoms with Crippen LogP contribution in [0.4, 0.5) is 4.79 Å². The normalized spacial score (nSPS) is 28.8. The maximum atomic E-state index is 10.6. The molecule has 0 radical (unpaired) electrons. The number of primary amides is 1. The molecular weight excluding hydrogens is 172 g/mol. The van der Waals surface area contributed by atoms with Crippen LogP contribution in [-0.2, 0) is 0 Å². The average Bonchev–Trinajstić information content (AvgIpc) is 2.50. The molecule has 0 heterocycles. The molecule has 0 bridgehead atoms. The van der Waals surface area contributed by atoms with Gasteiger partial charge in [-0.3, -0.25) is 0 Å². The molecule has 6 N–H and O–H groups in total. The molecule has 0 saturated heterocycles. The largest absolute Gasteiger partial charge is 0.409 e. The number of amidine groups is 1. The summed E-state index contributed by atoms with van der Waals surface area (Å²) in [6.45, 7) is 0. The molecule has 74 valence electrons. The molecule has 0 aromatic carbocycles. The summed E-state index contributed by atoms with van der Waals surface area (Å²) in [4.78, 5) is 10.6. The molecule has 0 aliphatic heterocycles. The van der Waals surface area contributed by atoms with Crippen molar-refractivity contribution in [2.75, 3.05) is 0 Å². The van der Waals surface area contributed by atoms with Gasteiger partial charge in [0, 0.05) is 12.0 Å². The van der Waals surface area contributed by atoms with Crippen molar-refractivity contribution in [2.45, 2.75) is 25.3 Å². The Labute approximate surface area is 76.0 Å². The summed E-state index contributed by atoms with van der Waals surface area (Å²) in [5.41, 5.74) is 10.4. The Balaban J connectivity index is 2.58. The SMILES string of the molecule is NC(=O)NC1CCCC1C(N)=NO. The van der Waals surface area contributed by atoms with Crippen LogP contribution in [0.3, 0.4) is 0 Å². The van der Waals surface area contributed by atoms with E-state index in [1.165, 1.54) is 0 Å². The van der Waals surface area contributed by atoms with E-state index in [2.05, 4.69) is 10.5 Å². The molecule has 1 fully saturated rings. The van der Waals surface area contributed by atoms with Gasteiger partial charge in [-0.05, 0) is 12.8 Å². The number of hydrogen-bond acceptors (Lipinski definition) is 3. The van der Waals surface area contributed by atoms with Crippen molar-refractivity contribution in [1.82, 2.24) is 5.32 Å². The molecule has 1 aliphatic rings. The van der Waals surface area contributed by atoms with Crippen LogP contribution in [0.2, 0.25) is 0 Å². The molecule has 2 atom stereocenters. The minimum absolute atomic E-state index is 0.0856. The van der Waals surface area contributed by atoms with Crippen molar-refractivity contribution in [3.8, 4) is 0 Å². The Kier molecular flexibility index (Phi) is 2.94. The lowest BCUT2D eigenvalue weighted by molar-refractivity contribution is 0.243. The summed E-state index contributed by atoms with van der Waals surface area (Å²) in [6, 6.07) is -0.656. The van der Waals surface area contributed by atoms with Gasteiger partial charge in [-0.2, -0.15) is 0 Å².